The van der Waals surface area contributed by atoms with Crippen LogP contribution in [-0.4, -0.2) is 12.3 Å². The van der Waals surface area contributed by atoms with Gasteiger partial charge in [-0.1, -0.05) is 49.4 Å². The molecule has 0 bridgehead atoms. The topological polar surface area (TPSA) is 35.5 Å². The molecule has 4 rings (SSSR count). The lowest BCUT2D eigenvalue weighted by molar-refractivity contribution is -0.154. The van der Waals surface area contributed by atoms with E-state index in [2.05, 4.69) is 19.6 Å². The number of fused-ring (bicyclic) bond motifs is 2. The summed E-state index contributed by atoms with van der Waals surface area (Å²) in [5.41, 5.74) is 1.12. The molecule has 0 spiro atoms. The van der Waals surface area contributed by atoms with Crippen molar-refractivity contribution in [1.29, 1.82) is 0 Å². The van der Waals surface area contributed by atoms with Gasteiger partial charge in [-0.15, -0.1) is 0 Å². The van der Waals surface area contributed by atoms with E-state index in [1.165, 1.54) is 5.39 Å². The van der Waals surface area contributed by atoms with Crippen LogP contribution in [0.2, 0.25) is 0 Å². The van der Waals surface area contributed by atoms with E-state index in [0.29, 0.717) is 0 Å². The average molecular weight is 294 g/mol. The summed E-state index contributed by atoms with van der Waals surface area (Å²) in [6, 6.07) is 14.1. The Morgan fingerprint density at radius 1 is 1.18 bits per heavy atom. The molecule has 1 saturated heterocycles. The van der Waals surface area contributed by atoms with Crippen LogP contribution < -0.4 is 4.74 Å². The minimum atomic E-state index is -0.507. The largest absolute Gasteiger partial charge is 0.454 e. The van der Waals surface area contributed by atoms with Crippen molar-refractivity contribution in [3.05, 3.63) is 54.6 Å². The van der Waals surface area contributed by atoms with Crippen molar-refractivity contribution in [1.82, 2.24) is 0 Å². The SMILES string of the molecule is C=C1C[C@H]2C(=O)O[C@H](Oc3ccc4ccccc4c3)[C@H]2C1C. The summed E-state index contributed by atoms with van der Waals surface area (Å²) >= 11 is 0. The van der Waals surface area contributed by atoms with Crippen LogP contribution in [0.25, 0.3) is 10.8 Å². The molecule has 0 aromatic heterocycles. The van der Waals surface area contributed by atoms with E-state index >= 15 is 0 Å². The van der Waals surface area contributed by atoms with E-state index in [-0.39, 0.29) is 23.7 Å². The highest BCUT2D eigenvalue weighted by Crippen LogP contribution is 2.48. The van der Waals surface area contributed by atoms with Crippen LogP contribution in [0.15, 0.2) is 54.6 Å². The van der Waals surface area contributed by atoms with Gasteiger partial charge in [0.15, 0.2) is 0 Å². The number of rotatable bonds is 2. The van der Waals surface area contributed by atoms with Crippen LogP contribution in [0, 0.1) is 17.8 Å². The fourth-order valence-electron chi connectivity index (χ4n) is 3.65. The van der Waals surface area contributed by atoms with Gasteiger partial charge in [0.2, 0.25) is 6.29 Å². The number of carbonyl (C=O) groups is 1. The van der Waals surface area contributed by atoms with Crippen molar-refractivity contribution in [2.45, 2.75) is 19.6 Å². The molecule has 1 heterocycles. The lowest BCUT2D eigenvalue weighted by Gasteiger charge is -2.22. The fraction of sp³-hybridized carbons (Fsp3) is 0.316. The summed E-state index contributed by atoms with van der Waals surface area (Å²) in [6.07, 6.45) is 0.218. The van der Waals surface area contributed by atoms with E-state index in [4.69, 9.17) is 9.47 Å². The minimum Gasteiger partial charge on any atom is -0.454 e. The van der Waals surface area contributed by atoms with Gasteiger partial charge in [0.05, 0.1) is 11.8 Å². The molecule has 2 aromatic rings. The van der Waals surface area contributed by atoms with Gasteiger partial charge in [0, 0.05) is 0 Å². The van der Waals surface area contributed by atoms with Crippen molar-refractivity contribution in [2.24, 2.45) is 17.8 Å². The number of cyclic esters (lactones) is 1. The van der Waals surface area contributed by atoms with Gasteiger partial charge >= 0.3 is 5.97 Å². The standard InChI is InChI=1S/C19H18O3/c1-11-9-16-17(12(11)2)19(22-18(16)20)21-15-8-7-13-5-3-4-6-14(13)10-15/h3-8,10,12,16-17,19H,1,9H2,2H3/t12?,16-,17+,19+/m1/s1. The van der Waals surface area contributed by atoms with E-state index < -0.39 is 6.29 Å². The van der Waals surface area contributed by atoms with Gasteiger partial charge in [-0.3, -0.25) is 4.79 Å². The van der Waals surface area contributed by atoms with E-state index in [1.54, 1.807) is 0 Å². The van der Waals surface area contributed by atoms with Gasteiger partial charge in [-0.25, -0.2) is 0 Å². The van der Waals surface area contributed by atoms with Gasteiger partial charge < -0.3 is 9.47 Å². The second-order valence-corrected chi connectivity index (χ2v) is 6.27. The maximum absolute atomic E-state index is 12.0. The van der Waals surface area contributed by atoms with E-state index in [0.717, 1.165) is 23.1 Å². The predicted octanol–water partition coefficient (Wildman–Crippen LogP) is 3.93. The molecule has 3 heteroatoms. The Hall–Kier alpha value is -2.29. The molecular weight excluding hydrogens is 276 g/mol. The Kier molecular flexibility index (Phi) is 2.96. The molecule has 4 atom stereocenters. The number of benzene rings is 2. The fourth-order valence-corrected chi connectivity index (χ4v) is 3.65. The summed E-state index contributed by atoms with van der Waals surface area (Å²) in [5, 5.41) is 2.28. The third kappa shape index (κ3) is 2.00. The summed E-state index contributed by atoms with van der Waals surface area (Å²) < 4.78 is 11.5. The zero-order chi connectivity index (χ0) is 15.3. The molecule has 1 aliphatic heterocycles. The normalized spacial score (nSPS) is 30.4. The molecule has 0 amide bonds. The third-order valence-corrected chi connectivity index (χ3v) is 4.99. The molecule has 1 aliphatic carbocycles. The monoisotopic (exact) mass is 294 g/mol. The first-order valence-corrected chi connectivity index (χ1v) is 7.67. The van der Waals surface area contributed by atoms with Crippen molar-refractivity contribution in [3.63, 3.8) is 0 Å². The van der Waals surface area contributed by atoms with Crippen molar-refractivity contribution < 1.29 is 14.3 Å². The van der Waals surface area contributed by atoms with Gasteiger partial charge in [0.25, 0.3) is 0 Å². The lowest BCUT2D eigenvalue weighted by atomic mass is 9.91. The average Bonchev–Trinajstić information content (AvgIpc) is 2.98. The second kappa shape index (κ2) is 4.87. The molecule has 2 fully saturated rings. The summed E-state index contributed by atoms with van der Waals surface area (Å²) in [4.78, 5) is 12.0. The van der Waals surface area contributed by atoms with Crippen molar-refractivity contribution in [3.8, 4) is 5.75 Å². The Morgan fingerprint density at radius 2 is 1.95 bits per heavy atom. The molecule has 0 N–H and O–H groups in total. The van der Waals surface area contributed by atoms with Crippen LogP contribution in [0.1, 0.15) is 13.3 Å². The first-order chi connectivity index (χ1) is 10.6. The number of hydrogen-bond donors (Lipinski definition) is 0. The maximum Gasteiger partial charge on any atom is 0.312 e. The van der Waals surface area contributed by atoms with Crippen LogP contribution in [-0.2, 0) is 9.53 Å². The van der Waals surface area contributed by atoms with Gasteiger partial charge in [-0.05, 0) is 35.2 Å². The molecular formula is C19H18O3. The summed E-state index contributed by atoms with van der Waals surface area (Å²) in [5.74, 6) is 0.824. The Bertz CT molecular complexity index is 764. The highest BCUT2D eigenvalue weighted by molar-refractivity contribution is 5.83. The zero-order valence-electron chi connectivity index (χ0n) is 12.5. The molecule has 1 saturated carbocycles. The van der Waals surface area contributed by atoms with Crippen LogP contribution in [0.4, 0.5) is 0 Å². The van der Waals surface area contributed by atoms with E-state index in [1.807, 2.05) is 36.4 Å². The second-order valence-electron chi connectivity index (χ2n) is 6.27. The maximum atomic E-state index is 12.0. The molecule has 0 radical (unpaired) electrons. The highest BCUT2D eigenvalue weighted by atomic mass is 16.7. The van der Waals surface area contributed by atoms with Crippen LogP contribution in [0.5, 0.6) is 5.75 Å². The highest BCUT2D eigenvalue weighted by Gasteiger charge is 2.53. The van der Waals surface area contributed by atoms with Crippen LogP contribution >= 0.6 is 0 Å². The zero-order valence-corrected chi connectivity index (χ0v) is 12.5. The molecule has 2 aromatic carbocycles. The number of hydrogen-bond acceptors (Lipinski definition) is 3. The first kappa shape index (κ1) is 13.4. The Labute approximate surface area is 129 Å². The van der Waals surface area contributed by atoms with Crippen molar-refractivity contribution >= 4 is 16.7 Å². The molecule has 3 nitrogen and oxygen atoms in total. The number of esters is 1. The minimum absolute atomic E-state index is 0.0754. The number of ether oxygens (including phenoxy) is 2. The third-order valence-electron chi connectivity index (χ3n) is 4.99. The molecule has 22 heavy (non-hydrogen) atoms. The van der Waals surface area contributed by atoms with Crippen molar-refractivity contribution in [2.75, 3.05) is 0 Å². The van der Waals surface area contributed by atoms with Gasteiger partial charge in [0.1, 0.15) is 5.75 Å². The Balaban J connectivity index is 1.62. The lowest BCUT2D eigenvalue weighted by Crippen LogP contribution is -2.27. The van der Waals surface area contributed by atoms with Gasteiger partial charge in [-0.2, -0.15) is 0 Å². The van der Waals surface area contributed by atoms with Crippen LogP contribution in [0.3, 0.4) is 0 Å². The number of allylic oxidation sites excluding steroid dienone is 1. The predicted molar refractivity (Wildman–Crippen MR) is 84.4 cm³/mol. The Morgan fingerprint density at radius 3 is 2.77 bits per heavy atom. The summed E-state index contributed by atoms with van der Waals surface area (Å²) in [6.45, 7) is 6.17. The molecule has 112 valence electrons. The first-order valence-electron chi connectivity index (χ1n) is 7.67. The van der Waals surface area contributed by atoms with E-state index in [9.17, 15) is 4.79 Å². The smallest absolute Gasteiger partial charge is 0.312 e. The summed E-state index contributed by atoms with van der Waals surface area (Å²) in [7, 11) is 0. The molecule has 1 unspecified atom stereocenters. The quantitative estimate of drug-likeness (QED) is 0.622. The molecule has 2 aliphatic rings. The number of carbonyl (C=O) groups excluding carboxylic acids is 1.